The first-order valence-corrected chi connectivity index (χ1v) is 7.78. The molecule has 0 bridgehead atoms. The van der Waals surface area contributed by atoms with Crippen LogP contribution in [0.2, 0.25) is 0 Å². The van der Waals surface area contributed by atoms with Crippen LogP contribution in [-0.2, 0) is 19.1 Å². The monoisotopic (exact) mass is 314 g/mol. The maximum atomic E-state index is 12.1. The Morgan fingerprint density at radius 3 is 2.45 bits per heavy atom. The number of aliphatic carboxylic acids is 1. The molecule has 0 saturated carbocycles. The molecule has 0 radical (unpaired) electrons. The van der Waals surface area contributed by atoms with E-state index >= 15 is 0 Å². The molecule has 2 amide bonds. The summed E-state index contributed by atoms with van der Waals surface area (Å²) in [5.74, 6) is -1.35. The summed E-state index contributed by atoms with van der Waals surface area (Å²) in [6, 6.07) is 0. The summed E-state index contributed by atoms with van der Waals surface area (Å²) >= 11 is 0. The number of hydrogen-bond acceptors (Lipinski definition) is 4. The topological polar surface area (TPSA) is 87.2 Å². The Kier molecular flexibility index (Phi) is 7.87. The predicted octanol–water partition coefficient (Wildman–Crippen LogP) is 0.585. The molecule has 0 aromatic rings. The van der Waals surface area contributed by atoms with Gasteiger partial charge in [-0.25, -0.2) is 0 Å². The minimum Gasteiger partial charge on any atom is -0.481 e. The summed E-state index contributed by atoms with van der Waals surface area (Å²) in [6.07, 6.45) is 1.97. The first-order valence-electron chi connectivity index (χ1n) is 7.78. The molecule has 0 aromatic carbocycles. The number of rotatable bonds is 8. The smallest absolute Gasteiger partial charge is 0.306 e. The fraction of sp³-hybridized carbons (Fsp3) is 0.800. The quantitative estimate of drug-likeness (QED) is 0.662. The van der Waals surface area contributed by atoms with Crippen molar-refractivity contribution < 1.29 is 24.2 Å². The van der Waals surface area contributed by atoms with Gasteiger partial charge in [-0.2, -0.15) is 0 Å². The van der Waals surface area contributed by atoms with E-state index in [4.69, 9.17) is 9.84 Å². The van der Waals surface area contributed by atoms with Gasteiger partial charge < -0.3 is 19.6 Å². The number of carbonyl (C=O) groups excluding carboxylic acids is 2. The molecule has 7 heteroatoms. The Labute approximate surface area is 131 Å². The Morgan fingerprint density at radius 1 is 1.27 bits per heavy atom. The van der Waals surface area contributed by atoms with Crippen molar-refractivity contribution in [3.63, 3.8) is 0 Å². The van der Waals surface area contributed by atoms with Crippen molar-refractivity contribution in [1.82, 2.24) is 9.80 Å². The molecule has 126 valence electrons. The number of piperidine rings is 1. The molecule has 7 nitrogen and oxygen atoms in total. The SMILES string of the molecule is CCOCCCC(=O)N(C)CC(=O)N1CCC(C(=O)O)CC1. The number of likely N-dealkylation sites (tertiary alicyclic amines) is 1. The highest BCUT2D eigenvalue weighted by Crippen LogP contribution is 2.17. The fourth-order valence-corrected chi connectivity index (χ4v) is 2.43. The molecule has 1 aliphatic heterocycles. The number of amides is 2. The largest absolute Gasteiger partial charge is 0.481 e. The number of ether oxygens (including phenoxy) is 1. The van der Waals surface area contributed by atoms with E-state index < -0.39 is 5.97 Å². The van der Waals surface area contributed by atoms with Crippen molar-refractivity contribution in [2.24, 2.45) is 5.92 Å². The van der Waals surface area contributed by atoms with E-state index in [2.05, 4.69) is 0 Å². The van der Waals surface area contributed by atoms with Gasteiger partial charge in [-0.1, -0.05) is 0 Å². The van der Waals surface area contributed by atoms with E-state index in [9.17, 15) is 14.4 Å². The van der Waals surface area contributed by atoms with E-state index in [1.807, 2.05) is 6.92 Å². The summed E-state index contributed by atoms with van der Waals surface area (Å²) in [7, 11) is 1.62. The van der Waals surface area contributed by atoms with Gasteiger partial charge in [0.2, 0.25) is 11.8 Å². The zero-order chi connectivity index (χ0) is 16.5. The van der Waals surface area contributed by atoms with Crippen molar-refractivity contribution in [2.45, 2.75) is 32.6 Å². The summed E-state index contributed by atoms with van der Waals surface area (Å²) in [5.41, 5.74) is 0. The maximum absolute atomic E-state index is 12.1. The van der Waals surface area contributed by atoms with Gasteiger partial charge in [-0.15, -0.1) is 0 Å². The van der Waals surface area contributed by atoms with Gasteiger partial charge in [0, 0.05) is 39.8 Å². The first kappa shape index (κ1) is 18.4. The number of likely N-dealkylation sites (N-methyl/N-ethyl adjacent to an activating group) is 1. The summed E-state index contributed by atoms with van der Waals surface area (Å²) < 4.78 is 5.18. The third-order valence-corrected chi connectivity index (χ3v) is 3.88. The molecule has 0 atom stereocenters. The molecule has 22 heavy (non-hydrogen) atoms. The Balaban J connectivity index is 2.29. The highest BCUT2D eigenvalue weighted by molar-refractivity contribution is 5.84. The van der Waals surface area contributed by atoms with Gasteiger partial charge in [0.05, 0.1) is 12.5 Å². The molecule has 1 aliphatic rings. The predicted molar refractivity (Wildman–Crippen MR) is 80.3 cm³/mol. The second kappa shape index (κ2) is 9.40. The van der Waals surface area contributed by atoms with Gasteiger partial charge >= 0.3 is 5.97 Å². The number of carboxylic acid groups (broad SMARTS) is 1. The third kappa shape index (κ3) is 6.01. The van der Waals surface area contributed by atoms with Crippen molar-refractivity contribution in [3.8, 4) is 0 Å². The molecule has 1 rings (SSSR count). The Morgan fingerprint density at radius 2 is 1.91 bits per heavy atom. The molecule has 0 aliphatic carbocycles. The van der Waals surface area contributed by atoms with E-state index in [0.717, 1.165) is 0 Å². The average Bonchev–Trinajstić information content (AvgIpc) is 2.51. The van der Waals surface area contributed by atoms with Crippen molar-refractivity contribution >= 4 is 17.8 Å². The van der Waals surface area contributed by atoms with E-state index in [1.165, 1.54) is 4.90 Å². The average molecular weight is 314 g/mol. The lowest BCUT2D eigenvalue weighted by atomic mass is 9.97. The third-order valence-electron chi connectivity index (χ3n) is 3.88. The van der Waals surface area contributed by atoms with Gasteiger partial charge in [0.15, 0.2) is 0 Å². The van der Waals surface area contributed by atoms with Crippen molar-refractivity contribution in [3.05, 3.63) is 0 Å². The van der Waals surface area contributed by atoms with Gasteiger partial charge in [-0.05, 0) is 26.2 Å². The minimum absolute atomic E-state index is 0.0468. The standard InChI is InChI=1S/C15H26N2O5/c1-3-22-10-4-5-13(18)16(2)11-14(19)17-8-6-12(7-9-17)15(20)21/h12H,3-11H2,1-2H3,(H,20,21). The lowest BCUT2D eigenvalue weighted by molar-refractivity contribution is -0.146. The van der Waals surface area contributed by atoms with E-state index in [1.54, 1.807) is 11.9 Å². The van der Waals surface area contributed by atoms with Crippen LogP contribution in [0.1, 0.15) is 32.6 Å². The van der Waals surface area contributed by atoms with Crippen LogP contribution in [0.3, 0.4) is 0 Å². The molecule has 1 N–H and O–H groups in total. The molecule has 1 heterocycles. The van der Waals surface area contributed by atoms with Gasteiger partial charge in [0.1, 0.15) is 0 Å². The summed E-state index contributed by atoms with van der Waals surface area (Å²) in [4.78, 5) is 38.0. The molecule has 0 aromatic heterocycles. The van der Waals surface area contributed by atoms with Crippen LogP contribution in [0, 0.1) is 5.92 Å². The van der Waals surface area contributed by atoms with Crippen LogP contribution >= 0.6 is 0 Å². The molecular weight excluding hydrogens is 288 g/mol. The number of carboxylic acids is 1. The fourth-order valence-electron chi connectivity index (χ4n) is 2.43. The van der Waals surface area contributed by atoms with Crippen molar-refractivity contribution in [1.29, 1.82) is 0 Å². The molecule has 1 fully saturated rings. The van der Waals surface area contributed by atoms with Gasteiger partial charge in [-0.3, -0.25) is 14.4 Å². The zero-order valence-corrected chi connectivity index (χ0v) is 13.4. The number of hydrogen-bond donors (Lipinski definition) is 1. The first-order chi connectivity index (χ1) is 10.5. The van der Waals surface area contributed by atoms with E-state index in [0.29, 0.717) is 52.0 Å². The zero-order valence-electron chi connectivity index (χ0n) is 13.4. The Bertz CT molecular complexity index is 391. The van der Waals surface area contributed by atoms with Crippen LogP contribution in [0.25, 0.3) is 0 Å². The van der Waals surface area contributed by atoms with Crippen LogP contribution in [0.15, 0.2) is 0 Å². The molecular formula is C15H26N2O5. The normalized spacial score (nSPS) is 15.6. The Hall–Kier alpha value is -1.63. The second-order valence-electron chi connectivity index (χ2n) is 5.54. The highest BCUT2D eigenvalue weighted by atomic mass is 16.5. The highest BCUT2D eigenvalue weighted by Gasteiger charge is 2.27. The lowest BCUT2D eigenvalue weighted by Crippen LogP contribution is -2.45. The molecule has 1 saturated heterocycles. The summed E-state index contributed by atoms with van der Waals surface area (Å²) in [5, 5.41) is 8.94. The number of carbonyl (C=O) groups is 3. The minimum atomic E-state index is -0.798. The van der Waals surface area contributed by atoms with Crippen LogP contribution < -0.4 is 0 Å². The summed E-state index contributed by atoms with van der Waals surface area (Å²) in [6.45, 7) is 4.03. The van der Waals surface area contributed by atoms with Crippen molar-refractivity contribution in [2.75, 3.05) is 39.9 Å². The van der Waals surface area contributed by atoms with Crippen LogP contribution in [0.5, 0.6) is 0 Å². The van der Waals surface area contributed by atoms with Gasteiger partial charge in [0.25, 0.3) is 0 Å². The molecule has 0 spiro atoms. The van der Waals surface area contributed by atoms with Crippen LogP contribution in [0.4, 0.5) is 0 Å². The lowest BCUT2D eigenvalue weighted by Gasteiger charge is -2.31. The number of nitrogens with zero attached hydrogens (tertiary/aromatic N) is 2. The van der Waals surface area contributed by atoms with Crippen LogP contribution in [-0.4, -0.2) is 72.6 Å². The van der Waals surface area contributed by atoms with E-state index in [-0.39, 0.29) is 24.3 Å². The maximum Gasteiger partial charge on any atom is 0.306 e. The second-order valence-corrected chi connectivity index (χ2v) is 5.54. The molecule has 0 unspecified atom stereocenters.